The maximum Gasteiger partial charge on any atom is 0.165 e. The van der Waals surface area contributed by atoms with Crippen LogP contribution in [0.4, 0.5) is 4.39 Å². The maximum atomic E-state index is 13.8. The lowest BCUT2D eigenvalue weighted by atomic mass is 10.00. The van der Waals surface area contributed by atoms with E-state index in [9.17, 15) is 4.39 Å². The third kappa shape index (κ3) is 2.35. The maximum absolute atomic E-state index is 13.8. The molecule has 0 bridgehead atoms. The molecule has 1 aliphatic heterocycles. The predicted molar refractivity (Wildman–Crippen MR) is 70.1 cm³/mol. The third-order valence-corrected chi connectivity index (χ3v) is 3.66. The smallest absolute Gasteiger partial charge is 0.165 e. The molecule has 0 spiro atoms. The van der Waals surface area contributed by atoms with E-state index in [1.54, 1.807) is 12.1 Å². The number of likely N-dealkylation sites (tertiary alicyclic amines) is 1. The van der Waals surface area contributed by atoms with Gasteiger partial charge in [0.1, 0.15) is 0 Å². The summed E-state index contributed by atoms with van der Waals surface area (Å²) in [5.41, 5.74) is 7.10. The monoisotopic (exact) mass is 252 g/mol. The van der Waals surface area contributed by atoms with Crippen LogP contribution in [-0.2, 0) is 0 Å². The van der Waals surface area contributed by atoms with Gasteiger partial charge in [0.05, 0.1) is 13.2 Å². The van der Waals surface area contributed by atoms with Gasteiger partial charge in [-0.25, -0.2) is 4.39 Å². The number of methoxy groups -OCH3 is 1. The van der Waals surface area contributed by atoms with Crippen molar-refractivity contribution < 1.29 is 9.13 Å². The van der Waals surface area contributed by atoms with E-state index in [0.29, 0.717) is 6.04 Å². The molecule has 0 aliphatic carbocycles. The molecule has 0 radical (unpaired) electrons. The lowest BCUT2D eigenvalue weighted by Gasteiger charge is -2.30. The topological polar surface area (TPSA) is 38.5 Å². The molecule has 4 heteroatoms. The lowest BCUT2D eigenvalue weighted by molar-refractivity contribution is 0.197. The first-order chi connectivity index (χ1) is 8.54. The number of hydrogen-bond acceptors (Lipinski definition) is 3. The highest BCUT2D eigenvalue weighted by molar-refractivity contribution is 5.32. The van der Waals surface area contributed by atoms with Crippen LogP contribution in [0.5, 0.6) is 5.75 Å². The zero-order chi connectivity index (χ0) is 13.3. The number of nitrogens with two attached hydrogens (primary N) is 1. The summed E-state index contributed by atoms with van der Waals surface area (Å²) >= 11 is 0. The van der Waals surface area contributed by atoms with Crippen molar-refractivity contribution in [2.45, 2.75) is 38.4 Å². The molecule has 1 heterocycles. The molecule has 1 aliphatic rings. The van der Waals surface area contributed by atoms with Gasteiger partial charge >= 0.3 is 0 Å². The zero-order valence-corrected chi connectivity index (χ0v) is 11.2. The van der Waals surface area contributed by atoms with Gasteiger partial charge in [0.25, 0.3) is 0 Å². The van der Waals surface area contributed by atoms with Crippen molar-refractivity contribution in [3.05, 3.63) is 29.6 Å². The fourth-order valence-electron chi connectivity index (χ4n) is 2.73. The van der Waals surface area contributed by atoms with Crippen LogP contribution in [0.15, 0.2) is 18.2 Å². The Labute approximate surface area is 108 Å². The second-order valence-corrected chi connectivity index (χ2v) is 5.12. The number of rotatable bonds is 3. The molecule has 18 heavy (non-hydrogen) atoms. The Hall–Kier alpha value is -1.13. The van der Waals surface area contributed by atoms with Crippen LogP contribution in [0.1, 0.15) is 31.9 Å². The Morgan fingerprint density at radius 1 is 1.44 bits per heavy atom. The summed E-state index contributed by atoms with van der Waals surface area (Å²) in [4.78, 5) is 2.33. The van der Waals surface area contributed by atoms with E-state index in [2.05, 4.69) is 18.7 Å². The quantitative estimate of drug-likeness (QED) is 0.897. The van der Waals surface area contributed by atoms with E-state index in [0.717, 1.165) is 18.5 Å². The first-order valence-electron chi connectivity index (χ1n) is 6.39. The van der Waals surface area contributed by atoms with E-state index in [4.69, 9.17) is 10.5 Å². The minimum Gasteiger partial charge on any atom is -0.494 e. The van der Waals surface area contributed by atoms with Gasteiger partial charge in [-0.1, -0.05) is 6.07 Å². The van der Waals surface area contributed by atoms with Crippen molar-refractivity contribution in [1.29, 1.82) is 0 Å². The van der Waals surface area contributed by atoms with E-state index in [-0.39, 0.29) is 23.7 Å². The first-order valence-corrected chi connectivity index (χ1v) is 6.39. The number of hydrogen-bond donors (Lipinski definition) is 1. The van der Waals surface area contributed by atoms with E-state index in [1.807, 2.05) is 6.07 Å². The Morgan fingerprint density at radius 3 is 2.72 bits per heavy atom. The molecule has 100 valence electrons. The van der Waals surface area contributed by atoms with E-state index >= 15 is 0 Å². The van der Waals surface area contributed by atoms with E-state index in [1.165, 1.54) is 7.11 Å². The van der Waals surface area contributed by atoms with Crippen LogP contribution < -0.4 is 10.5 Å². The highest BCUT2D eigenvalue weighted by Gasteiger charge is 2.34. The number of benzene rings is 1. The van der Waals surface area contributed by atoms with Crippen LogP contribution in [-0.4, -0.2) is 30.6 Å². The SMILES string of the molecule is COc1ccc(C2C(N)CCN2C(C)C)cc1F. The summed E-state index contributed by atoms with van der Waals surface area (Å²) in [7, 11) is 1.47. The number of halogens is 1. The predicted octanol–water partition coefficient (Wildman–Crippen LogP) is 2.32. The average molecular weight is 252 g/mol. The Kier molecular flexibility index (Phi) is 3.88. The summed E-state index contributed by atoms with van der Waals surface area (Å²) < 4.78 is 18.7. The van der Waals surface area contributed by atoms with Gasteiger partial charge < -0.3 is 10.5 Å². The molecule has 2 atom stereocenters. The molecule has 2 rings (SSSR count). The molecule has 3 nitrogen and oxygen atoms in total. The molecule has 1 saturated heterocycles. The van der Waals surface area contributed by atoms with Gasteiger partial charge in [-0.15, -0.1) is 0 Å². The van der Waals surface area contributed by atoms with Crippen molar-refractivity contribution in [3.63, 3.8) is 0 Å². The van der Waals surface area contributed by atoms with Gasteiger partial charge in [0.15, 0.2) is 11.6 Å². The Balaban J connectivity index is 2.31. The standard InChI is InChI=1S/C14H21FN2O/c1-9(2)17-7-6-12(16)14(17)10-4-5-13(18-3)11(15)8-10/h4-5,8-9,12,14H,6-7,16H2,1-3H3. The first kappa shape index (κ1) is 13.3. The summed E-state index contributed by atoms with van der Waals surface area (Å²) in [6.07, 6.45) is 0.955. The van der Waals surface area contributed by atoms with Crippen LogP contribution in [0.3, 0.4) is 0 Å². The second-order valence-electron chi connectivity index (χ2n) is 5.12. The van der Waals surface area contributed by atoms with Gasteiger partial charge in [0.2, 0.25) is 0 Å². The molecule has 1 aromatic carbocycles. The van der Waals surface area contributed by atoms with Gasteiger partial charge in [0, 0.05) is 18.6 Å². The highest BCUT2D eigenvalue weighted by atomic mass is 19.1. The molecule has 2 unspecified atom stereocenters. The van der Waals surface area contributed by atoms with Crippen LogP contribution >= 0.6 is 0 Å². The molecule has 2 N–H and O–H groups in total. The fourth-order valence-corrected chi connectivity index (χ4v) is 2.73. The molecule has 0 aromatic heterocycles. The number of nitrogens with zero attached hydrogens (tertiary/aromatic N) is 1. The summed E-state index contributed by atoms with van der Waals surface area (Å²) in [5.74, 6) is -0.0424. The molecule has 1 aromatic rings. The van der Waals surface area contributed by atoms with Crippen molar-refractivity contribution in [2.75, 3.05) is 13.7 Å². The van der Waals surface area contributed by atoms with Crippen molar-refractivity contribution >= 4 is 0 Å². The molecule has 0 saturated carbocycles. The third-order valence-electron chi connectivity index (χ3n) is 3.66. The van der Waals surface area contributed by atoms with Crippen molar-refractivity contribution in [1.82, 2.24) is 4.90 Å². The van der Waals surface area contributed by atoms with Crippen LogP contribution in [0.25, 0.3) is 0 Å². The molecular formula is C14H21FN2O. The number of ether oxygens (including phenoxy) is 1. The fraction of sp³-hybridized carbons (Fsp3) is 0.571. The highest BCUT2D eigenvalue weighted by Crippen LogP contribution is 2.34. The average Bonchev–Trinajstić information content (AvgIpc) is 2.71. The van der Waals surface area contributed by atoms with Crippen molar-refractivity contribution in [3.8, 4) is 5.75 Å². The summed E-state index contributed by atoms with van der Waals surface area (Å²) in [6.45, 7) is 5.26. The van der Waals surface area contributed by atoms with Gasteiger partial charge in [-0.2, -0.15) is 0 Å². The molecular weight excluding hydrogens is 231 g/mol. The van der Waals surface area contributed by atoms with Crippen molar-refractivity contribution in [2.24, 2.45) is 5.73 Å². The van der Waals surface area contributed by atoms with Gasteiger partial charge in [-0.05, 0) is 38.0 Å². The lowest BCUT2D eigenvalue weighted by Crippen LogP contribution is -2.35. The minimum atomic E-state index is -0.321. The Morgan fingerprint density at radius 2 is 2.17 bits per heavy atom. The van der Waals surface area contributed by atoms with E-state index < -0.39 is 0 Å². The zero-order valence-electron chi connectivity index (χ0n) is 11.2. The molecule has 0 amide bonds. The molecule has 1 fully saturated rings. The van der Waals surface area contributed by atoms with Crippen LogP contribution in [0, 0.1) is 5.82 Å². The van der Waals surface area contributed by atoms with Gasteiger partial charge in [-0.3, -0.25) is 4.90 Å². The normalized spacial score (nSPS) is 24.8. The van der Waals surface area contributed by atoms with Crippen LogP contribution in [0.2, 0.25) is 0 Å². The minimum absolute atomic E-state index is 0.0696. The summed E-state index contributed by atoms with van der Waals surface area (Å²) in [6, 6.07) is 5.71. The second kappa shape index (κ2) is 5.24. The largest absolute Gasteiger partial charge is 0.494 e. The summed E-state index contributed by atoms with van der Waals surface area (Å²) in [5, 5.41) is 0. The Bertz CT molecular complexity index is 422.